The smallest absolute Gasteiger partial charge is 0.284 e. The molecule has 26 heavy (non-hydrogen) atoms. The first-order valence-electron chi connectivity index (χ1n) is 7.91. The topological polar surface area (TPSA) is 70.5 Å². The molecule has 0 spiro atoms. The lowest BCUT2D eigenvalue weighted by Gasteiger charge is -2.27. The summed E-state index contributed by atoms with van der Waals surface area (Å²) in [6.07, 6.45) is 1.91. The number of nitrogens with zero attached hydrogens (tertiary/aromatic N) is 3. The Morgan fingerprint density at radius 1 is 1.00 bits per heavy atom. The number of aromatic nitrogens is 1. The number of nitro groups is 1. The lowest BCUT2D eigenvalue weighted by atomic mass is 10.0. The Morgan fingerprint density at radius 3 is 2.31 bits per heavy atom. The van der Waals surface area contributed by atoms with Crippen LogP contribution in [0, 0.1) is 10.1 Å². The summed E-state index contributed by atoms with van der Waals surface area (Å²) < 4.78 is 1.97. The molecule has 1 N–H and O–H groups in total. The molecule has 2 aromatic carbocycles. The molecule has 2 heterocycles. The maximum Gasteiger partial charge on any atom is 0.284 e. The fourth-order valence-electron chi connectivity index (χ4n) is 3.30. The van der Waals surface area contributed by atoms with Crippen LogP contribution >= 0.6 is 0 Å². The van der Waals surface area contributed by atoms with Gasteiger partial charge in [-0.25, -0.2) is 4.57 Å². The summed E-state index contributed by atoms with van der Waals surface area (Å²) in [5.74, 6) is 0.856. The zero-order valence-electron chi connectivity index (χ0n) is 13.7. The predicted octanol–water partition coefficient (Wildman–Crippen LogP) is -0.117. The van der Waals surface area contributed by atoms with Crippen molar-refractivity contribution in [2.45, 2.75) is 12.3 Å². The zero-order valence-corrected chi connectivity index (χ0v) is 15.3. The van der Waals surface area contributed by atoms with Crippen molar-refractivity contribution in [3.63, 3.8) is 0 Å². The minimum absolute atomic E-state index is 0. The zero-order chi connectivity index (χ0) is 17.4. The molecule has 0 fully saturated rings. The monoisotopic (exact) mass is 413 g/mol. The van der Waals surface area contributed by atoms with Gasteiger partial charge < -0.3 is 22.1 Å². The minimum atomic E-state index is -1.33. The van der Waals surface area contributed by atoms with Gasteiger partial charge in [0, 0.05) is 23.8 Å². The van der Waals surface area contributed by atoms with Crippen molar-refractivity contribution in [3.8, 4) is 0 Å². The van der Waals surface area contributed by atoms with Gasteiger partial charge in [0.2, 0.25) is 0 Å². The number of hydrogen-bond acceptors (Lipinski definition) is 4. The molecule has 4 rings (SSSR count). The van der Waals surface area contributed by atoms with E-state index in [2.05, 4.69) is 0 Å². The molecule has 0 aliphatic carbocycles. The van der Waals surface area contributed by atoms with Gasteiger partial charge in [-0.3, -0.25) is 10.1 Å². The number of benzene rings is 2. The summed E-state index contributed by atoms with van der Waals surface area (Å²) in [6, 6.07) is 21.4. The van der Waals surface area contributed by atoms with Crippen molar-refractivity contribution in [2.24, 2.45) is 0 Å². The van der Waals surface area contributed by atoms with Crippen molar-refractivity contribution in [3.05, 3.63) is 94.7 Å². The van der Waals surface area contributed by atoms with Crippen LogP contribution in [0.15, 0.2) is 79.0 Å². The largest absolute Gasteiger partial charge is 1.00 e. The van der Waals surface area contributed by atoms with Crippen molar-refractivity contribution in [1.29, 1.82) is 0 Å². The molecule has 1 aliphatic rings. The first kappa shape index (κ1) is 18.0. The maximum absolute atomic E-state index is 11.6. The molecule has 1 aliphatic heterocycles. The Labute approximate surface area is 160 Å². The molecule has 3 aromatic rings. The molecule has 6 nitrogen and oxygen atoms in total. The number of anilines is 2. The van der Waals surface area contributed by atoms with Gasteiger partial charge in [-0.15, -0.1) is 0 Å². The third-order valence-electron chi connectivity index (χ3n) is 4.46. The average Bonchev–Trinajstić information content (AvgIpc) is 2.95. The van der Waals surface area contributed by atoms with E-state index in [1.54, 1.807) is 12.1 Å². The van der Waals surface area contributed by atoms with Crippen LogP contribution < -0.4 is 26.4 Å². The second kappa shape index (κ2) is 6.86. The summed E-state index contributed by atoms with van der Waals surface area (Å²) in [7, 11) is 0. The predicted molar refractivity (Wildman–Crippen MR) is 92.2 cm³/mol. The number of pyridine rings is 1. The van der Waals surface area contributed by atoms with Crippen LogP contribution in [0.1, 0.15) is 5.56 Å². The molecule has 1 aromatic heterocycles. The van der Waals surface area contributed by atoms with E-state index < -0.39 is 10.6 Å². The second-order valence-corrected chi connectivity index (χ2v) is 5.98. The summed E-state index contributed by atoms with van der Waals surface area (Å²) in [4.78, 5) is 12.3. The van der Waals surface area contributed by atoms with Gasteiger partial charge in [0.05, 0.1) is 11.1 Å². The second-order valence-electron chi connectivity index (χ2n) is 5.98. The van der Waals surface area contributed by atoms with Gasteiger partial charge in [0.1, 0.15) is 5.69 Å². The summed E-state index contributed by atoms with van der Waals surface area (Å²) >= 11 is 0. The Bertz CT molecular complexity index is 934. The fraction of sp³-hybridized carbons (Fsp3) is 0.105. The van der Waals surface area contributed by atoms with Gasteiger partial charge in [-0.2, -0.15) is 4.90 Å². The Kier molecular flexibility index (Phi) is 4.76. The molecule has 1 unspecified atom stereocenters. The third kappa shape index (κ3) is 2.85. The summed E-state index contributed by atoms with van der Waals surface area (Å²) in [5, 5.41) is 22.5. The molecule has 1 atom stereocenters. The summed E-state index contributed by atoms with van der Waals surface area (Å²) in [6.45, 7) is 0.329. The number of fused-ring (bicyclic) bond motifs is 1. The molecular formula is C19H16BrN3O3. The Morgan fingerprint density at radius 2 is 1.65 bits per heavy atom. The van der Waals surface area contributed by atoms with Gasteiger partial charge in [0.25, 0.3) is 17.2 Å². The highest BCUT2D eigenvalue weighted by molar-refractivity contribution is 5.62. The van der Waals surface area contributed by atoms with Crippen LogP contribution in [-0.2, 0) is 12.3 Å². The highest BCUT2D eigenvalue weighted by Crippen LogP contribution is 2.41. The van der Waals surface area contributed by atoms with Crippen molar-refractivity contribution in [1.82, 2.24) is 0 Å². The molecule has 0 radical (unpaired) electrons. The Hall–Kier alpha value is -2.77. The van der Waals surface area contributed by atoms with Crippen LogP contribution in [0.3, 0.4) is 0 Å². The number of rotatable bonds is 3. The van der Waals surface area contributed by atoms with Crippen LogP contribution in [0.2, 0.25) is 0 Å². The third-order valence-corrected chi connectivity index (χ3v) is 4.46. The fourth-order valence-corrected chi connectivity index (χ4v) is 3.30. The normalized spacial score (nSPS) is 18.1. The van der Waals surface area contributed by atoms with Crippen LogP contribution in [0.5, 0.6) is 0 Å². The number of hydrogen-bond donors (Lipinski definition) is 1. The van der Waals surface area contributed by atoms with Crippen LogP contribution in [0.25, 0.3) is 0 Å². The highest BCUT2D eigenvalue weighted by atomic mass is 79.9. The van der Waals surface area contributed by atoms with E-state index >= 15 is 0 Å². The number of aliphatic hydroxyl groups is 1. The average molecular weight is 414 g/mol. The highest BCUT2D eigenvalue weighted by Gasteiger charge is 2.52. The van der Waals surface area contributed by atoms with E-state index in [0.29, 0.717) is 12.1 Å². The summed E-state index contributed by atoms with van der Waals surface area (Å²) in [5.41, 5.74) is 0.124. The van der Waals surface area contributed by atoms with Crippen molar-refractivity contribution < 1.29 is 31.6 Å². The molecule has 7 heteroatoms. The van der Waals surface area contributed by atoms with E-state index in [1.165, 1.54) is 12.1 Å². The van der Waals surface area contributed by atoms with E-state index in [-0.39, 0.29) is 22.7 Å². The van der Waals surface area contributed by atoms with Gasteiger partial charge in [-0.05, 0) is 30.3 Å². The molecule has 0 amide bonds. The van der Waals surface area contributed by atoms with E-state index in [0.717, 1.165) is 11.5 Å². The Balaban J connectivity index is 0.00000196. The lowest BCUT2D eigenvalue weighted by Crippen LogP contribution is -3.00. The minimum Gasteiger partial charge on any atom is -1.00 e. The number of halogens is 1. The number of non-ortho nitro benzene ring substituents is 1. The quantitative estimate of drug-likeness (QED) is 0.369. The van der Waals surface area contributed by atoms with Crippen LogP contribution in [-0.4, -0.2) is 10.0 Å². The molecule has 0 bridgehead atoms. The van der Waals surface area contributed by atoms with Gasteiger partial charge >= 0.3 is 0 Å². The van der Waals surface area contributed by atoms with E-state index in [1.807, 2.05) is 64.2 Å². The maximum atomic E-state index is 11.6. The molecule has 132 valence electrons. The first-order chi connectivity index (χ1) is 12.1. The standard InChI is InChI=1S/C19H16N3O3.BrH/c23-19(15-9-11-17(12-10-15)22(24)25)14-20-13-5-4-8-18(20)21(19)16-6-2-1-3-7-16;/h1-13,23H,14H2;1H/q+1;/p-1. The molecule has 0 saturated heterocycles. The van der Waals surface area contributed by atoms with Crippen molar-refractivity contribution >= 4 is 17.2 Å². The molecule has 0 saturated carbocycles. The number of nitro benzene ring substituents is 1. The van der Waals surface area contributed by atoms with Gasteiger partial charge in [0.15, 0.2) is 6.54 Å². The van der Waals surface area contributed by atoms with Gasteiger partial charge in [-0.1, -0.05) is 24.3 Å². The van der Waals surface area contributed by atoms with E-state index in [4.69, 9.17) is 0 Å². The van der Waals surface area contributed by atoms with Crippen molar-refractivity contribution in [2.75, 3.05) is 4.90 Å². The lowest BCUT2D eigenvalue weighted by molar-refractivity contribution is -0.683. The van der Waals surface area contributed by atoms with Crippen LogP contribution in [0.4, 0.5) is 17.2 Å². The number of para-hydroxylation sites is 1. The first-order valence-corrected chi connectivity index (χ1v) is 7.91. The molecular weight excluding hydrogens is 398 g/mol. The van der Waals surface area contributed by atoms with E-state index in [9.17, 15) is 15.2 Å². The SMILES string of the molecule is O=[N+]([O-])c1ccc(C2(O)C[n+]3ccccc3N2c2ccccc2)cc1.[Br-].